The number of aromatic nitrogens is 2. The predicted octanol–water partition coefficient (Wildman–Crippen LogP) is 2.45. The fraction of sp³-hybridized carbons (Fsp3) is 0.462. The summed E-state index contributed by atoms with van der Waals surface area (Å²) in [5.41, 5.74) is 7.90. The normalized spacial score (nSPS) is 14.4. The number of rotatable bonds is 6. The Bertz CT molecular complexity index is 617. The van der Waals surface area contributed by atoms with Crippen molar-refractivity contribution in [3.8, 4) is 0 Å². The molecule has 0 aromatic carbocycles. The van der Waals surface area contributed by atoms with E-state index in [2.05, 4.69) is 15.5 Å². The third-order valence-electron chi connectivity index (χ3n) is 3.33. The molecular weight excluding hydrogens is 276 g/mol. The van der Waals surface area contributed by atoms with E-state index in [0.717, 1.165) is 23.4 Å². The minimum absolute atomic E-state index is 0.0283. The Morgan fingerprint density at radius 2 is 2.40 bits per heavy atom. The fourth-order valence-electron chi connectivity index (χ4n) is 2.22. The van der Waals surface area contributed by atoms with Crippen LogP contribution in [-0.4, -0.2) is 22.5 Å². The van der Waals surface area contributed by atoms with Crippen LogP contribution in [0.3, 0.4) is 0 Å². The number of nitrogens with one attached hydrogen (secondary N) is 1. The van der Waals surface area contributed by atoms with Crippen molar-refractivity contribution in [2.75, 3.05) is 17.6 Å². The van der Waals surface area contributed by atoms with Crippen LogP contribution in [0.1, 0.15) is 46.7 Å². The van der Waals surface area contributed by atoms with Gasteiger partial charge in [-0.1, -0.05) is 5.16 Å². The van der Waals surface area contributed by atoms with Gasteiger partial charge >= 0.3 is 0 Å². The van der Waals surface area contributed by atoms with Gasteiger partial charge in [0.1, 0.15) is 0 Å². The fourth-order valence-corrected chi connectivity index (χ4v) is 3.35. The van der Waals surface area contributed by atoms with Crippen LogP contribution in [0.2, 0.25) is 0 Å². The Hall–Kier alpha value is -1.89. The van der Waals surface area contributed by atoms with Crippen molar-refractivity contribution in [3.05, 3.63) is 22.7 Å². The van der Waals surface area contributed by atoms with Crippen LogP contribution >= 0.6 is 11.3 Å². The van der Waals surface area contributed by atoms with Crippen molar-refractivity contribution in [2.45, 2.75) is 32.1 Å². The maximum Gasteiger partial charge on any atom is 0.213 e. The van der Waals surface area contributed by atoms with E-state index < -0.39 is 0 Å². The maximum atomic E-state index is 11.6. The Balaban J connectivity index is 1.74. The average Bonchev–Trinajstić information content (AvgIpc) is 2.98. The van der Waals surface area contributed by atoms with Gasteiger partial charge < -0.3 is 15.6 Å². The number of nitrogens with zero attached hydrogens (tertiary/aromatic N) is 2. The molecule has 0 atom stereocenters. The number of carbonyl (C=O) groups excluding carboxylic acids is 1. The number of thiophene rings is 1. The van der Waals surface area contributed by atoms with Crippen LogP contribution in [0.5, 0.6) is 0 Å². The highest BCUT2D eigenvalue weighted by Crippen LogP contribution is 2.50. The van der Waals surface area contributed by atoms with Crippen LogP contribution in [0, 0.1) is 0 Å². The topological polar surface area (TPSA) is 94.0 Å². The number of anilines is 2. The number of nitrogen functional groups attached to an aromatic ring is 1. The molecule has 2 aromatic rings. The summed E-state index contributed by atoms with van der Waals surface area (Å²) in [6, 6.07) is 0. The molecule has 20 heavy (non-hydrogen) atoms. The molecule has 2 heterocycles. The molecule has 0 aliphatic heterocycles. The Morgan fingerprint density at radius 1 is 1.60 bits per heavy atom. The molecule has 6 nitrogen and oxygen atoms in total. The molecule has 106 valence electrons. The second-order valence-electron chi connectivity index (χ2n) is 4.94. The molecule has 0 spiro atoms. The van der Waals surface area contributed by atoms with E-state index in [1.807, 2.05) is 0 Å². The number of nitrogens with two attached hydrogens (primary N) is 1. The summed E-state index contributed by atoms with van der Waals surface area (Å²) in [5, 5.41) is 8.13. The first kappa shape index (κ1) is 13.1. The van der Waals surface area contributed by atoms with E-state index in [-0.39, 0.29) is 5.78 Å². The zero-order chi connectivity index (χ0) is 14.1. The van der Waals surface area contributed by atoms with Crippen molar-refractivity contribution in [3.63, 3.8) is 0 Å². The highest BCUT2D eigenvalue weighted by molar-refractivity contribution is 7.18. The predicted molar refractivity (Wildman–Crippen MR) is 77.2 cm³/mol. The van der Waals surface area contributed by atoms with Crippen LogP contribution in [0.25, 0.3) is 0 Å². The van der Waals surface area contributed by atoms with Crippen molar-refractivity contribution in [1.82, 2.24) is 10.1 Å². The van der Waals surface area contributed by atoms with Gasteiger partial charge in [0.05, 0.1) is 15.6 Å². The highest BCUT2D eigenvalue weighted by atomic mass is 32.1. The highest BCUT2D eigenvalue weighted by Gasteiger charge is 2.32. The zero-order valence-corrected chi connectivity index (χ0v) is 12.0. The zero-order valence-electron chi connectivity index (χ0n) is 11.2. The molecule has 0 bridgehead atoms. The smallest absolute Gasteiger partial charge is 0.213 e. The minimum atomic E-state index is 0.0283. The standard InChI is InChI=1S/C13H16N4O2S/c1-7(18)12-11(14)10(8-2-3-8)13(20-12)15-5-4-9-16-6-19-17-9/h6,8,15H,2-5,14H2,1H3. The summed E-state index contributed by atoms with van der Waals surface area (Å²) in [6.07, 6.45) is 4.30. The van der Waals surface area contributed by atoms with E-state index in [1.54, 1.807) is 6.92 Å². The third-order valence-corrected chi connectivity index (χ3v) is 4.61. The summed E-state index contributed by atoms with van der Waals surface area (Å²) in [7, 11) is 0. The number of ketones is 1. The molecule has 1 aliphatic rings. The quantitative estimate of drug-likeness (QED) is 0.794. The van der Waals surface area contributed by atoms with Gasteiger partial charge in [-0.3, -0.25) is 4.79 Å². The first-order chi connectivity index (χ1) is 9.66. The molecule has 3 N–H and O–H groups in total. The Kier molecular flexibility index (Phi) is 3.43. The second kappa shape index (κ2) is 5.24. The lowest BCUT2D eigenvalue weighted by Gasteiger charge is -2.05. The first-order valence-corrected chi connectivity index (χ1v) is 7.40. The minimum Gasteiger partial charge on any atom is -0.397 e. The number of hydrogen-bond acceptors (Lipinski definition) is 7. The molecule has 1 aliphatic carbocycles. The molecule has 1 saturated carbocycles. The summed E-state index contributed by atoms with van der Waals surface area (Å²) in [6.45, 7) is 2.25. The molecule has 0 amide bonds. The molecule has 0 radical (unpaired) electrons. The average molecular weight is 292 g/mol. The molecule has 7 heteroatoms. The van der Waals surface area contributed by atoms with Gasteiger partial charge in [-0.2, -0.15) is 4.98 Å². The monoisotopic (exact) mass is 292 g/mol. The molecular formula is C13H16N4O2S. The lowest BCUT2D eigenvalue weighted by molar-refractivity contribution is 0.102. The first-order valence-electron chi connectivity index (χ1n) is 6.59. The van der Waals surface area contributed by atoms with Gasteiger partial charge in [-0.15, -0.1) is 11.3 Å². The van der Waals surface area contributed by atoms with Crippen LogP contribution in [0.15, 0.2) is 10.9 Å². The molecule has 0 unspecified atom stereocenters. The largest absolute Gasteiger partial charge is 0.397 e. The third kappa shape index (κ3) is 2.53. The lowest BCUT2D eigenvalue weighted by Crippen LogP contribution is -2.06. The van der Waals surface area contributed by atoms with Gasteiger partial charge in [-0.25, -0.2) is 0 Å². The van der Waals surface area contributed by atoms with Crippen LogP contribution in [0.4, 0.5) is 10.7 Å². The summed E-state index contributed by atoms with van der Waals surface area (Å²) >= 11 is 1.45. The van der Waals surface area contributed by atoms with Crippen LogP contribution < -0.4 is 11.1 Å². The Morgan fingerprint density at radius 3 is 3.00 bits per heavy atom. The molecule has 2 aromatic heterocycles. The van der Waals surface area contributed by atoms with E-state index in [4.69, 9.17) is 10.3 Å². The molecule has 0 saturated heterocycles. The van der Waals surface area contributed by atoms with Crippen LogP contribution in [-0.2, 0) is 6.42 Å². The van der Waals surface area contributed by atoms with Gasteiger partial charge in [0.2, 0.25) is 6.39 Å². The van der Waals surface area contributed by atoms with E-state index in [1.165, 1.54) is 17.7 Å². The van der Waals surface area contributed by atoms with Gasteiger partial charge in [0, 0.05) is 25.5 Å². The van der Waals surface area contributed by atoms with Gasteiger partial charge in [0.15, 0.2) is 11.6 Å². The van der Waals surface area contributed by atoms with Crippen molar-refractivity contribution >= 4 is 27.8 Å². The van der Waals surface area contributed by atoms with E-state index in [0.29, 0.717) is 35.3 Å². The van der Waals surface area contributed by atoms with E-state index >= 15 is 0 Å². The maximum absolute atomic E-state index is 11.6. The second-order valence-corrected chi connectivity index (χ2v) is 5.96. The summed E-state index contributed by atoms with van der Waals surface area (Å²) in [4.78, 5) is 16.2. The SMILES string of the molecule is CC(=O)c1sc(NCCc2ncon2)c(C2CC2)c1N. The van der Waals surface area contributed by atoms with Gasteiger partial charge in [0.25, 0.3) is 0 Å². The van der Waals surface area contributed by atoms with Crippen molar-refractivity contribution in [1.29, 1.82) is 0 Å². The van der Waals surface area contributed by atoms with Gasteiger partial charge in [-0.05, 0) is 18.8 Å². The van der Waals surface area contributed by atoms with E-state index in [9.17, 15) is 4.79 Å². The number of hydrogen-bond donors (Lipinski definition) is 2. The molecule has 1 fully saturated rings. The lowest BCUT2D eigenvalue weighted by atomic mass is 10.1. The Labute approximate surface area is 120 Å². The van der Waals surface area contributed by atoms with Crippen molar-refractivity contribution in [2.24, 2.45) is 0 Å². The molecule has 3 rings (SSSR count). The van der Waals surface area contributed by atoms with Crippen molar-refractivity contribution < 1.29 is 9.32 Å². The summed E-state index contributed by atoms with van der Waals surface area (Å²) < 4.78 is 4.69. The summed E-state index contributed by atoms with van der Waals surface area (Å²) in [5.74, 6) is 1.20. The number of carbonyl (C=O) groups is 1. The number of Topliss-reactive ketones (excluding diaryl/α,β-unsaturated/α-hetero) is 1.